The molecule has 0 atom stereocenters. The van der Waals surface area contributed by atoms with Crippen molar-refractivity contribution in [1.29, 1.82) is 0 Å². The van der Waals surface area contributed by atoms with Crippen LogP contribution < -0.4 is 0 Å². The largest absolute Gasteiger partial charge is 0.381 e. The lowest BCUT2D eigenvalue weighted by molar-refractivity contribution is -0.00805. The molecule has 0 radical (unpaired) electrons. The van der Waals surface area contributed by atoms with Gasteiger partial charge in [0.1, 0.15) is 0 Å². The lowest BCUT2D eigenvalue weighted by atomic mass is 10.1. The molecule has 4 heteroatoms. The predicted molar refractivity (Wildman–Crippen MR) is 65.8 cm³/mol. The zero-order chi connectivity index (χ0) is 11.3. The molecule has 0 spiro atoms. The van der Waals surface area contributed by atoms with Gasteiger partial charge in [0, 0.05) is 26.4 Å². The average Bonchev–Trinajstić information content (AvgIpc) is 2.17. The van der Waals surface area contributed by atoms with Gasteiger partial charge in [0.05, 0.1) is 14.8 Å². The highest BCUT2D eigenvalue weighted by Crippen LogP contribution is 2.16. The van der Waals surface area contributed by atoms with Gasteiger partial charge in [0.15, 0.2) is 0 Å². The molecule has 1 aliphatic heterocycles. The lowest BCUT2D eigenvalue weighted by Crippen LogP contribution is -2.48. The number of hydrogen-bond donors (Lipinski definition) is 0. The number of hydrogen-bond acceptors (Lipinski definition) is 3. The number of nitrogens with zero attached hydrogens (tertiary/aromatic N) is 1. The van der Waals surface area contributed by atoms with Gasteiger partial charge in [-0.05, 0) is 19.0 Å². The quantitative estimate of drug-likeness (QED) is 0.533. The topological polar surface area (TPSA) is 21.7 Å². The molecule has 0 bridgehead atoms. The summed E-state index contributed by atoms with van der Waals surface area (Å²) in [5.41, 5.74) is 0. The molecule has 1 aliphatic rings. The van der Waals surface area contributed by atoms with Crippen molar-refractivity contribution in [3.63, 3.8) is 0 Å². The number of rotatable bonds is 5. The molecular formula is C11H25NO2Si. The highest BCUT2D eigenvalue weighted by atomic mass is 28.3. The third kappa shape index (κ3) is 5.11. The monoisotopic (exact) mass is 231 g/mol. The fraction of sp³-hybridized carbons (Fsp3) is 1.00. The standard InChI is InChI=1S/C11H25NO2Si/c1-13-9-12(10-15(2,3)4)11-5-7-14-8-6-11/h11H,5-10H2,1-4H3. The summed E-state index contributed by atoms with van der Waals surface area (Å²) in [6.45, 7) is 9.83. The molecule has 1 saturated heterocycles. The van der Waals surface area contributed by atoms with Gasteiger partial charge in [-0.15, -0.1) is 0 Å². The fourth-order valence-corrected chi connectivity index (χ4v) is 3.67. The molecule has 0 aromatic rings. The van der Waals surface area contributed by atoms with Crippen molar-refractivity contribution in [2.75, 3.05) is 33.2 Å². The summed E-state index contributed by atoms with van der Waals surface area (Å²) in [6.07, 6.45) is 3.55. The van der Waals surface area contributed by atoms with E-state index >= 15 is 0 Å². The molecule has 15 heavy (non-hydrogen) atoms. The van der Waals surface area contributed by atoms with Crippen LogP contribution in [0.15, 0.2) is 0 Å². The summed E-state index contributed by atoms with van der Waals surface area (Å²) in [6, 6.07) is 0.672. The van der Waals surface area contributed by atoms with Crippen LogP contribution in [0.25, 0.3) is 0 Å². The molecule has 1 heterocycles. The Morgan fingerprint density at radius 1 is 1.27 bits per heavy atom. The van der Waals surface area contributed by atoms with Gasteiger partial charge < -0.3 is 9.47 Å². The van der Waals surface area contributed by atoms with Crippen LogP contribution in [0.4, 0.5) is 0 Å². The van der Waals surface area contributed by atoms with Crippen molar-refractivity contribution >= 4 is 8.07 Å². The van der Waals surface area contributed by atoms with Crippen molar-refractivity contribution in [3.8, 4) is 0 Å². The number of ether oxygens (including phenoxy) is 2. The van der Waals surface area contributed by atoms with E-state index in [2.05, 4.69) is 24.5 Å². The third-order valence-electron chi connectivity index (χ3n) is 2.68. The van der Waals surface area contributed by atoms with Crippen LogP contribution in [0.2, 0.25) is 19.6 Å². The Kier molecular flexibility index (Phi) is 5.25. The lowest BCUT2D eigenvalue weighted by Gasteiger charge is -2.37. The molecule has 0 unspecified atom stereocenters. The maximum absolute atomic E-state index is 5.40. The van der Waals surface area contributed by atoms with Crippen molar-refractivity contribution < 1.29 is 9.47 Å². The molecule has 0 aromatic heterocycles. The zero-order valence-corrected chi connectivity index (χ0v) is 11.6. The van der Waals surface area contributed by atoms with E-state index in [0.717, 1.165) is 32.8 Å². The van der Waals surface area contributed by atoms with Gasteiger partial charge in [-0.1, -0.05) is 19.6 Å². The van der Waals surface area contributed by atoms with Crippen LogP contribution in [-0.2, 0) is 9.47 Å². The van der Waals surface area contributed by atoms with Crippen molar-refractivity contribution in [2.24, 2.45) is 0 Å². The van der Waals surface area contributed by atoms with Crippen LogP contribution in [0, 0.1) is 0 Å². The van der Waals surface area contributed by atoms with E-state index in [9.17, 15) is 0 Å². The summed E-state index contributed by atoms with van der Waals surface area (Å²) in [4.78, 5) is 2.51. The molecule has 0 aliphatic carbocycles. The summed E-state index contributed by atoms with van der Waals surface area (Å²) in [5, 5.41) is 0. The van der Waals surface area contributed by atoms with E-state index in [1.807, 2.05) is 0 Å². The minimum absolute atomic E-state index is 0.672. The molecule has 1 fully saturated rings. The van der Waals surface area contributed by atoms with E-state index in [0.29, 0.717) is 6.04 Å². The molecule has 0 N–H and O–H groups in total. The van der Waals surface area contributed by atoms with Crippen LogP contribution in [0.1, 0.15) is 12.8 Å². The van der Waals surface area contributed by atoms with Crippen molar-refractivity contribution in [2.45, 2.75) is 38.5 Å². The van der Waals surface area contributed by atoms with E-state index in [1.54, 1.807) is 7.11 Å². The summed E-state index contributed by atoms with van der Waals surface area (Å²) in [7, 11) is 0.752. The average molecular weight is 231 g/mol. The minimum atomic E-state index is -1.04. The highest BCUT2D eigenvalue weighted by molar-refractivity contribution is 6.76. The van der Waals surface area contributed by atoms with Crippen molar-refractivity contribution in [1.82, 2.24) is 4.90 Å². The fourth-order valence-electron chi connectivity index (χ4n) is 2.11. The van der Waals surface area contributed by atoms with Gasteiger partial charge in [0.25, 0.3) is 0 Å². The number of methoxy groups -OCH3 is 1. The first-order chi connectivity index (χ1) is 7.03. The first kappa shape index (κ1) is 13.2. The normalized spacial score (nSPS) is 19.8. The Hall–Kier alpha value is 0.0969. The summed E-state index contributed by atoms with van der Waals surface area (Å²) < 4.78 is 10.7. The van der Waals surface area contributed by atoms with Gasteiger partial charge >= 0.3 is 0 Å². The summed E-state index contributed by atoms with van der Waals surface area (Å²) >= 11 is 0. The van der Waals surface area contributed by atoms with Crippen LogP contribution in [-0.4, -0.2) is 52.2 Å². The Balaban J connectivity index is 2.47. The van der Waals surface area contributed by atoms with E-state index in [4.69, 9.17) is 9.47 Å². The Morgan fingerprint density at radius 3 is 2.33 bits per heavy atom. The molecule has 0 saturated carbocycles. The van der Waals surface area contributed by atoms with Crippen LogP contribution in [0.3, 0.4) is 0 Å². The predicted octanol–water partition coefficient (Wildman–Crippen LogP) is 1.95. The van der Waals surface area contributed by atoms with E-state index < -0.39 is 8.07 Å². The first-order valence-corrected chi connectivity index (χ1v) is 9.54. The Bertz CT molecular complexity index is 176. The van der Waals surface area contributed by atoms with Gasteiger partial charge in [-0.25, -0.2) is 0 Å². The molecular weight excluding hydrogens is 206 g/mol. The van der Waals surface area contributed by atoms with Crippen LogP contribution in [0.5, 0.6) is 0 Å². The summed E-state index contributed by atoms with van der Waals surface area (Å²) in [5.74, 6) is 0. The molecule has 3 nitrogen and oxygen atoms in total. The molecule has 0 amide bonds. The van der Waals surface area contributed by atoms with Gasteiger partial charge in [-0.3, -0.25) is 4.90 Å². The Morgan fingerprint density at radius 2 is 1.87 bits per heavy atom. The van der Waals surface area contributed by atoms with Crippen molar-refractivity contribution in [3.05, 3.63) is 0 Å². The zero-order valence-electron chi connectivity index (χ0n) is 10.6. The second kappa shape index (κ2) is 5.99. The molecule has 1 rings (SSSR count). The van der Waals surface area contributed by atoms with Gasteiger partial charge in [-0.2, -0.15) is 0 Å². The van der Waals surface area contributed by atoms with Gasteiger partial charge in [0.2, 0.25) is 0 Å². The van der Waals surface area contributed by atoms with E-state index in [-0.39, 0.29) is 0 Å². The second-order valence-corrected chi connectivity index (χ2v) is 11.0. The minimum Gasteiger partial charge on any atom is -0.381 e. The smallest absolute Gasteiger partial charge is 0.0986 e. The third-order valence-corrected chi connectivity index (χ3v) is 4.03. The maximum Gasteiger partial charge on any atom is 0.0986 e. The SMILES string of the molecule is COCN(C[Si](C)(C)C)C1CCOCC1. The maximum atomic E-state index is 5.40. The highest BCUT2D eigenvalue weighted by Gasteiger charge is 2.26. The van der Waals surface area contributed by atoms with Crippen LogP contribution >= 0.6 is 0 Å². The second-order valence-electron chi connectivity index (χ2n) is 5.57. The molecule has 90 valence electrons. The molecule has 0 aromatic carbocycles. The van der Waals surface area contributed by atoms with E-state index in [1.165, 1.54) is 6.17 Å². The Labute approximate surface area is 94.8 Å². The first-order valence-electron chi connectivity index (χ1n) is 5.83.